The first kappa shape index (κ1) is 24.4. The Bertz CT molecular complexity index is 801. The van der Waals surface area contributed by atoms with Crippen molar-refractivity contribution in [1.29, 1.82) is 0 Å². The van der Waals surface area contributed by atoms with E-state index in [1.807, 2.05) is 6.07 Å². The fraction of sp³-hybridized carbons (Fsp3) is 0.650. The zero-order chi connectivity index (χ0) is 20.4. The molecule has 2 aliphatic rings. The Balaban J connectivity index is 0.00000300. The van der Waals surface area contributed by atoms with Gasteiger partial charge in [0.25, 0.3) is 0 Å². The summed E-state index contributed by atoms with van der Waals surface area (Å²) in [4.78, 5) is 9.05. The van der Waals surface area contributed by atoms with Crippen LogP contribution in [-0.4, -0.2) is 87.2 Å². The molecular weight excluding hydrogens is 503 g/mol. The number of guanidine groups is 1. The second kappa shape index (κ2) is 9.93. The lowest BCUT2D eigenvalue weighted by Gasteiger charge is -2.36. The summed E-state index contributed by atoms with van der Waals surface area (Å²) in [6.45, 7) is 7.91. The Hall–Kier alpha value is -0.910. The fourth-order valence-corrected chi connectivity index (χ4v) is 4.04. The molecule has 2 heterocycles. The fourth-order valence-electron chi connectivity index (χ4n) is 3.70. The molecule has 2 atom stereocenters. The number of nitrogens with zero attached hydrogens (tertiary/aromatic N) is 3. The van der Waals surface area contributed by atoms with Crippen molar-refractivity contribution in [3.63, 3.8) is 0 Å². The SMILES string of the molecule is CN=C(NCC(C)(C)S(C)(=O)=O)N1CC2OCCN(Cc3ccccc3)C2C1.I. The Labute approximate surface area is 191 Å². The molecule has 7 nitrogen and oxygen atoms in total. The van der Waals surface area contributed by atoms with E-state index < -0.39 is 14.6 Å². The van der Waals surface area contributed by atoms with Crippen molar-refractivity contribution in [3.8, 4) is 0 Å². The van der Waals surface area contributed by atoms with E-state index in [2.05, 4.69) is 44.4 Å². The molecule has 1 N–H and O–H groups in total. The number of aliphatic imine (C=N–C) groups is 1. The molecule has 0 aliphatic carbocycles. The highest BCUT2D eigenvalue weighted by Crippen LogP contribution is 2.25. The maximum Gasteiger partial charge on any atom is 0.193 e. The van der Waals surface area contributed by atoms with Gasteiger partial charge in [0.2, 0.25) is 0 Å². The van der Waals surface area contributed by atoms with E-state index in [9.17, 15) is 8.42 Å². The smallest absolute Gasteiger partial charge is 0.193 e. The van der Waals surface area contributed by atoms with Crippen molar-refractivity contribution in [1.82, 2.24) is 15.1 Å². The quantitative estimate of drug-likeness (QED) is 0.350. The molecular formula is C20H33IN4O3S. The van der Waals surface area contributed by atoms with Gasteiger partial charge in [0.1, 0.15) is 0 Å². The van der Waals surface area contributed by atoms with E-state index in [-0.39, 0.29) is 30.1 Å². The third-order valence-corrected chi connectivity index (χ3v) is 7.98. The minimum Gasteiger partial charge on any atom is -0.373 e. The van der Waals surface area contributed by atoms with Gasteiger partial charge in [0.15, 0.2) is 15.8 Å². The highest BCUT2D eigenvalue weighted by atomic mass is 127. The van der Waals surface area contributed by atoms with Crippen molar-refractivity contribution >= 4 is 39.8 Å². The zero-order valence-corrected chi connectivity index (χ0v) is 20.8. The van der Waals surface area contributed by atoms with Crippen molar-refractivity contribution in [2.24, 2.45) is 4.99 Å². The van der Waals surface area contributed by atoms with Crippen LogP contribution in [0.5, 0.6) is 0 Å². The molecule has 2 saturated heterocycles. The highest BCUT2D eigenvalue weighted by Gasteiger charge is 2.41. The molecule has 2 fully saturated rings. The summed E-state index contributed by atoms with van der Waals surface area (Å²) in [5.41, 5.74) is 1.30. The predicted octanol–water partition coefficient (Wildman–Crippen LogP) is 1.59. The Morgan fingerprint density at radius 2 is 1.97 bits per heavy atom. The van der Waals surface area contributed by atoms with Gasteiger partial charge in [-0.25, -0.2) is 8.42 Å². The van der Waals surface area contributed by atoms with Gasteiger partial charge in [-0.3, -0.25) is 9.89 Å². The van der Waals surface area contributed by atoms with Gasteiger partial charge >= 0.3 is 0 Å². The second-order valence-corrected chi connectivity index (χ2v) is 10.9. The summed E-state index contributed by atoms with van der Waals surface area (Å²) in [5.74, 6) is 0.731. The molecule has 164 valence electrons. The zero-order valence-electron chi connectivity index (χ0n) is 17.7. The van der Waals surface area contributed by atoms with Crippen LogP contribution in [0.1, 0.15) is 19.4 Å². The first-order valence-corrected chi connectivity index (χ1v) is 11.7. The molecule has 29 heavy (non-hydrogen) atoms. The maximum atomic E-state index is 12.0. The summed E-state index contributed by atoms with van der Waals surface area (Å²) >= 11 is 0. The molecule has 2 aliphatic heterocycles. The lowest BCUT2D eigenvalue weighted by atomic mass is 10.1. The molecule has 1 aromatic carbocycles. The molecule has 0 spiro atoms. The van der Waals surface area contributed by atoms with E-state index in [1.165, 1.54) is 11.8 Å². The summed E-state index contributed by atoms with van der Waals surface area (Å²) in [6.07, 6.45) is 1.41. The number of likely N-dealkylation sites (tertiary alicyclic amines) is 1. The van der Waals surface area contributed by atoms with Crippen LogP contribution in [0.25, 0.3) is 0 Å². The predicted molar refractivity (Wildman–Crippen MR) is 128 cm³/mol. The normalized spacial score (nSPS) is 23.4. The number of fused-ring (bicyclic) bond motifs is 1. The minimum absolute atomic E-state index is 0. The van der Waals surface area contributed by atoms with Crippen LogP contribution >= 0.6 is 24.0 Å². The topological polar surface area (TPSA) is 74.2 Å². The maximum absolute atomic E-state index is 12.0. The number of halogens is 1. The van der Waals surface area contributed by atoms with Gasteiger partial charge in [0.05, 0.1) is 23.5 Å². The largest absolute Gasteiger partial charge is 0.373 e. The molecule has 0 radical (unpaired) electrons. The van der Waals surface area contributed by atoms with Crippen LogP contribution in [0.4, 0.5) is 0 Å². The summed E-state index contributed by atoms with van der Waals surface area (Å²) < 4.78 is 29.1. The number of morpholine rings is 1. The molecule has 0 amide bonds. The van der Waals surface area contributed by atoms with E-state index >= 15 is 0 Å². The average molecular weight is 536 g/mol. The van der Waals surface area contributed by atoms with E-state index in [4.69, 9.17) is 4.74 Å². The monoisotopic (exact) mass is 536 g/mol. The Morgan fingerprint density at radius 3 is 2.59 bits per heavy atom. The number of rotatable bonds is 5. The van der Waals surface area contributed by atoms with Gasteiger partial charge in [0, 0.05) is 46.0 Å². The number of hydrogen-bond acceptors (Lipinski definition) is 5. The first-order valence-electron chi connectivity index (χ1n) is 9.76. The lowest BCUT2D eigenvalue weighted by Crippen LogP contribution is -2.50. The number of nitrogens with one attached hydrogen (secondary N) is 1. The van der Waals surface area contributed by atoms with Crippen LogP contribution in [0, 0.1) is 0 Å². The van der Waals surface area contributed by atoms with Crippen LogP contribution in [0.15, 0.2) is 35.3 Å². The molecule has 2 unspecified atom stereocenters. The van der Waals surface area contributed by atoms with Crippen molar-refractivity contribution in [2.45, 2.75) is 37.3 Å². The van der Waals surface area contributed by atoms with E-state index in [0.29, 0.717) is 12.6 Å². The lowest BCUT2D eigenvalue weighted by molar-refractivity contribution is -0.0502. The van der Waals surface area contributed by atoms with E-state index in [1.54, 1.807) is 20.9 Å². The van der Waals surface area contributed by atoms with Crippen molar-refractivity contribution in [2.75, 3.05) is 46.1 Å². The second-order valence-electron chi connectivity index (χ2n) is 8.27. The third kappa shape index (κ3) is 5.83. The first-order chi connectivity index (χ1) is 13.2. The number of ether oxygens (including phenoxy) is 1. The molecule has 0 saturated carbocycles. The number of hydrogen-bond donors (Lipinski definition) is 1. The molecule has 0 aromatic heterocycles. The van der Waals surface area contributed by atoms with Crippen LogP contribution in [0.3, 0.4) is 0 Å². The Kier molecular flexibility index (Phi) is 8.34. The number of sulfone groups is 1. The molecule has 1 aromatic rings. The van der Waals surface area contributed by atoms with Gasteiger partial charge in [-0.15, -0.1) is 24.0 Å². The van der Waals surface area contributed by atoms with Crippen molar-refractivity contribution < 1.29 is 13.2 Å². The molecule has 9 heteroatoms. The van der Waals surface area contributed by atoms with Crippen molar-refractivity contribution in [3.05, 3.63) is 35.9 Å². The standard InChI is InChI=1S/C20H32N4O3S.HI/c1-20(2,28(4,25)26)15-22-19(21-3)24-13-17-18(14-24)27-11-10-23(17)12-16-8-6-5-7-9-16;/h5-9,17-18H,10-15H2,1-4H3,(H,21,22);1H. The van der Waals surface area contributed by atoms with Gasteiger partial charge in [-0.05, 0) is 19.4 Å². The molecule has 3 rings (SSSR count). The van der Waals surface area contributed by atoms with Crippen LogP contribution in [0.2, 0.25) is 0 Å². The van der Waals surface area contributed by atoms with Crippen LogP contribution < -0.4 is 5.32 Å². The molecule has 0 bridgehead atoms. The average Bonchev–Trinajstić information content (AvgIpc) is 3.07. The summed E-state index contributed by atoms with van der Waals surface area (Å²) in [7, 11) is -1.43. The highest BCUT2D eigenvalue weighted by molar-refractivity contribution is 14.0. The van der Waals surface area contributed by atoms with Gasteiger partial charge in [-0.2, -0.15) is 0 Å². The minimum atomic E-state index is -3.16. The Morgan fingerprint density at radius 1 is 1.28 bits per heavy atom. The summed E-state index contributed by atoms with van der Waals surface area (Å²) in [6, 6.07) is 10.8. The third-order valence-electron chi connectivity index (χ3n) is 5.83. The van der Waals surface area contributed by atoms with E-state index in [0.717, 1.165) is 38.7 Å². The van der Waals surface area contributed by atoms with Crippen LogP contribution in [-0.2, 0) is 21.1 Å². The van der Waals surface area contributed by atoms with Gasteiger partial charge < -0.3 is 15.0 Å². The van der Waals surface area contributed by atoms with Gasteiger partial charge in [-0.1, -0.05) is 30.3 Å². The number of benzene rings is 1. The summed E-state index contributed by atoms with van der Waals surface area (Å²) in [5, 5.41) is 3.26.